The fraction of sp³-hybridized carbons (Fsp3) is 0.211. The van der Waals surface area contributed by atoms with Gasteiger partial charge in [-0.3, -0.25) is 4.79 Å². The molecular formula is C19H18O5. The highest BCUT2D eigenvalue weighted by molar-refractivity contribution is 6.14. The summed E-state index contributed by atoms with van der Waals surface area (Å²) in [6.07, 6.45) is 1.65. The van der Waals surface area contributed by atoms with Gasteiger partial charge in [0.15, 0.2) is 17.3 Å². The number of allylic oxidation sites excluding steroid dienone is 1. The first-order valence-corrected chi connectivity index (χ1v) is 7.79. The molecule has 0 fully saturated rings. The van der Waals surface area contributed by atoms with Crippen LogP contribution in [0.15, 0.2) is 42.2 Å². The van der Waals surface area contributed by atoms with Crippen molar-refractivity contribution in [1.82, 2.24) is 0 Å². The molecule has 0 unspecified atom stereocenters. The highest BCUT2D eigenvalue weighted by atomic mass is 16.5. The van der Waals surface area contributed by atoms with Gasteiger partial charge in [0.1, 0.15) is 11.5 Å². The van der Waals surface area contributed by atoms with Crippen molar-refractivity contribution in [2.75, 3.05) is 13.2 Å². The number of phenols is 1. The molecule has 0 spiro atoms. The van der Waals surface area contributed by atoms with Gasteiger partial charge in [0.25, 0.3) is 0 Å². The summed E-state index contributed by atoms with van der Waals surface area (Å²) in [5, 5.41) is 9.49. The van der Waals surface area contributed by atoms with Crippen LogP contribution >= 0.6 is 0 Å². The topological polar surface area (TPSA) is 65.0 Å². The SMILES string of the molecule is CCOc1ccc(/C=C2/Oc3cc(O)ccc3C2=O)cc1OCC. The fourth-order valence-corrected chi connectivity index (χ4v) is 2.48. The quantitative estimate of drug-likeness (QED) is 0.847. The number of phenolic OH excluding ortho intramolecular Hbond substituents is 1. The van der Waals surface area contributed by atoms with Crippen LogP contribution in [-0.4, -0.2) is 24.1 Å². The summed E-state index contributed by atoms with van der Waals surface area (Å²) in [5.41, 5.74) is 1.21. The lowest BCUT2D eigenvalue weighted by atomic mass is 10.1. The predicted octanol–water partition coefficient (Wildman–Crippen LogP) is 3.81. The average Bonchev–Trinajstić information content (AvgIpc) is 2.85. The van der Waals surface area contributed by atoms with E-state index in [-0.39, 0.29) is 17.3 Å². The minimum Gasteiger partial charge on any atom is -0.508 e. The molecule has 1 aliphatic rings. The summed E-state index contributed by atoms with van der Waals surface area (Å²) in [5.74, 6) is 1.70. The van der Waals surface area contributed by atoms with Gasteiger partial charge in [-0.1, -0.05) is 6.07 Å². The monoisotopic (exact) mass is 326 g/mol. The molecule has 5 nitrogen and oxygen atoms in total. The summed E-state index contributed by atoms with van der Waals surface area (Å²) in [7, 11) is 0. The van der Waals surface area contributed by atoms with Crippen LogP contribution in [0.5, 0.6) is 23.0 Å². The van der Waals surface area contributed by atoms with Gasteiger partial charge in [-0.25, -0.2) is 0 Å². The van der Waals surface area contributed by atoms with Crippen molar-refractivity contribution in [2.24, 2.45) is 0 Å². The van der Waals surface area contributed by atoms with Crippen molar-refractivity contribution in [3.63, 3.8) is 0 Å². The van der Waals surface area contributed by atoms with Crippen LogP contribution in [-0.2, 0) is 0 Å². The average molecular weight is 326 g/mol. The second-order valence-corrected chi connectivity index (χ2v) is 5.19. The van der Waals surface area contributed by atoms with Crippen LogP contribution in [0.4, 0.5) is 0 Å². The minimum atomic E-state index is -0.211. The van der Waals surface area contributed by atoms with Crippen LogP contribution in [0.3, 0.4) is 0 Å². The molecule has 2 aromatic carbocycles. The lowest BCUT2D eigenvalue weighted by Gasteiger charge is -2.11. The zero-order valence-corrected chi connectivity index (χ0v) is 13.5. The molecule has 0 bridgehead atoms. The lowest BCUT2D eigenvalue weighted by molar-refractivity contribution is 0.101. The van der Waals surface area contributed by atoms with Gasteiger partial charge in [-0.05, 0) is 49.8 Å². The third kappa shape index (κ3) is 3.06. The molecule has 0 amide bonds. The number of aromatic hydroxyl groups is 1. The van der Waals surface area contributed by atoms with Gasteiger partial charge in [0.2, 0.25) is 5.78 Å². The Hall–Kier alpha value is -2.95. The predicted molar refractivity (Wildman–Crippen MR) is 89.8 cm³/mol. The zero-order chi connectivity index (χ0) is 17.1. The summed E-state index contributed by atoms with van der Waals surface area (Å²) in [4.78, 5) is 12.4. The van der Waals surface area contributed by atoms with Gasteiger partial charge in [0.05, 0.1) is 18.8 Å². The maximum absolute atomic E-state index is 12.4. The molecule has 3 rings (SSSR count). The number of benzene rings is 2. The van der Waals surface area contributed by atoms with Gasteiger partial charge >= 0.3 is 0 Å². The minimum absolute atomic E-state index is 0.0579. The highest BCUT2D eigenvalue weighted by Crippen LogP contribution is 2.35. The third-order valence-corrected chi connectivity index (χ3v) is 3.52. The Balaban J connectivity index is 1.92. The van der Waals surface area contributed by atoms with Crippen LogP contribution < -0.4 is 14.2 Å². The van der Waals surface area contributed by atoms with Crippen molar-refractivity contribution >= 4 is 11.9 Å². The van der Waals surface area contributed by atoms with E-state index in [9.17, 15) is 9.90 Å². The maximum atomic E-state index is 12.4. The van der Waals surface area contributed by atoms with Gasteiger partial charge in [0, 0.05) is 6.07 Å². The number of fused-ring (bicyclic) bond motifs is 1. The van der Waals surface area contributed by atoms with E-state index in [4.69, 9.17) is 14.2 Å². The van der Waals surface area contributed by atoms with Crippen molar-refractivity contribution in [3.05, 3.63) is 53.3 Å². The zero-order valence-electron chi connectivity index (χ0n) is 13.5. The molecule has 24 heavy (non-hydrogen) atoms. The second-order valence-electron chi connectivity index (χ2n) is 5.19. The van der Waals surface area contributed by atoms with Crippen molar-refractivity contribution < 1.29 is 24.1 Å². The number of Topliss-reactive ketones (excluding diaryl/α,β-unsaturated/α-hetero) is 1. The molecule has 1 aliphatic heterocycles. The molecule has 5 heteroatoms. The maximum Gasteiger partial charge on any atom is 0.231 e. The number of ketones is 1. The summed E-state index contributed by atoms with van der Waals surface area (Å²) in [6, 6.07) is 9.89. The van der Waals surface area contributed by atoms with Crippen LogP contribution in [0.2, 0.25) is 0 Å². The molecule has 2 aromatic rings. The Bertz CT molecular complexity index is 807. The third-order valence-electron chi connectivity index (χ3n) is 3.52. The summed E-state index contributed by atoms with van der Waals surface area (Å²) < 4.78 is 16.7. The van der Waals surface area contributed by atoms with Crippen LogP contribution in [0.25, 0.3) is 6.08 Å². The van der Waals surface area contributed by atoms with E-state index in [0.717, 1.165) is 5.56 Å². The number of hydrogen-bond acceptors (Lipinski definition) is 5. The molecular weight excluding hydrogens is 308 g/mol. The van der Waals surface area contributed by atoms with Crippen molar-refractivity contribution in [1.29, 1.82) is 0 Å². The molecule has 0 atom stereocenters. The van der Waals surface area contributed by atoms with Crippen molar-refractivity contribution in [3.8, 4) is 23.0 Å². The smallest absolute Gasteiger partial charge is 0.231 e. The fourth-order valence-electron chi connectivity index (χ4n) is 2.48. The van der Waals surface area contributed by atoms with E-state index in [1.165, 1.54) is 12.1 Å². The first kappa shape index (κ1) is 15.9. The number of hydrogen-bond donors (Lipinski definition) is 1. The van der Waals surface area contributed by atoms with E-state index in [1.54, 1.807) is 24.3 Å². The molecule has 124 valence electrons. The number of rotatable bonds is 5. The van der Waals surface area contributed by atoms with E-state index in [1.807, 2.05) is 19.9 Å². The van der Waals surface area contributed by atoms with E-state index >= 15 is 0 Å². The molecule has 1 N–H and O–H groups in total. The first-order chi connectivity index (χ1) is 11.6. The highest BCUT2D eigenvalue weighted by Gasteiger charge is 2.27. The molecule has 0 radical (unpaired) electrons. The normalized spacial score (nSPS) is 14.4. The van der Waals surface area contributed by atoms with E-state index < -0.39 is 0 Å². The van der Waals surface area contributed by atoms with Gasteiger partial charge in [-0.15, -0.1) is 0 Å². The molecule has 1 heterocycles. The lowest BCUT2D eigenvalue weighted by Crippen LogP contribution is -2.00. The van der Waals surface area contributed by atoms with Crippen molar-refractivity contribution in [2.45, 2.75) is 13.8 Å². The van der Waals surface area contributed by atoms with Crippen LogP contribution in [0.1, 0.15) is 29.8 Å². The molecule has 0 saturated heterocycles. The Morgan fingerprint density at radius 2 is 1.79 bits per heavy atom. The first-order valence-electron chi connectivity index (χ1n) is 7.79. The molecule has 0 saturated carbocycles. The summed E-state index contributed by atoms with van der Waals surface area (Å²) >= 11 is 0. The molecule has 0 aromatic heterocycles. The molecule has 0 aliphatic carbocycles. The Kier molecular flexibility index (Phi) is 4.42. The van der Waals surface area contributed by atoms with Gasteiger partial charge in [-0.2, -0.15) is 0 Å². The standard InChI is InChI=1S/C19H18O5/c1-3-22-15-8-5-12(9-17(15)23-4-2)10-18-19(21)14-7-6-13(20)11-16(14)24-18/h5-11,20H,3-4H2,1-2H3/b18-10+. The number of carbonyl (C=O) groups is 1. The van der Waals surface area contributed by atoms with Gasteiger partial charge < -0.3 is 19.3 Å². The second kappa shape index (κ2) is 6.66. The Morgan fingerprint density at radius 3 is 2.54 bits per heavy atom. The van der Waals surface area contributed by atoms with E-state index in [2.05, 4.69) is 0 Å². The van der Waals surface area contributed by atoms with E-state index in [0.29, 0.717) is 36.0 Å². The Morgan fingerprint density at radius 1 is 1.04 bits per heavy atom. The van der Waals surface area contributed by atoms with Crippen LogP contribution in [0, 0.1) is 0 Å². The summed E-state index contributed by atoms with van der Waals surface area (Å²) in [6.45, 7) is 4.86. The largest absolute Gasteiger partial charge is 0.508 e. The number of ether oxygens (including phenoxy) is 3. The Labute approximate surface area is 140 Å². The number of carbonyl (C=O) groups excluding carboxylic acids is 1.